The van der Waals surface area contributed by atoms with E-state index < -0.39 is 11.2 Å². The number of rotatable bonds is 1. The summed E-state index contributed by atoms with van der Waals surface area (Å²) in [6, 6.07) is 6.96. The Morgan fingerprint density at radius 2 is 1.94 bits per heavy atom. The molecule has 0 unspecified atom stereocenters. The van der Waals surface area contributed by atoms with Crippen molar-refractivity contribution in [1.29, 1.82) is 0 Å². The molecule has 0 bridgehead atoms. The number of H-pyrrole nitrogens is 2. The molecule has 82 valence electrons. The predicted octanol–water partition coefficient (Wildman–Crippen LogP) is 1.69. The van der Waals surface area contributed by atoms with Crippen molar-refractivity contribution in [2.45, 2.75) is 6.92 Å². The summed E-state index contributed by atoms with van der Waals surface area (Å²) in [6.07, 6.45) is 0. The highest BCUT2D eigenvalue weighted by atomic mass is 35.5. The zero-order chi connectivity index (χ0) is 11.7. The normalized spacial score (nSPS) is 10.4. The summed E-state index contributed by atoms with van der Waals surface area (Å²) < 4.78 is 0. The minimum absolute atomic E-state index is 0.390. The molecule has 0 aliphatic rings. The Hall–Kier alpha value is -1.81. The number of aromatic amines is 2. The number of nitrogens with one attached hydrogen (secondary N) is 2. The van der Waals surface area contributed by atoms with Gasteiger partial charge in [0.2, 0.25) is 0 Å². The maximum Gasteiger partial charge on any atom is 0.326 e. The van der Waals surface area contributed by atoms with E-state index in [-0.39, 0.29) is 0 Å². The Morgan fingerprint density at radius 1 is 1.19 bits per heavy atom. The minimum atomic E-state index is -0.523. The molecule has 0 saturated heterocycles. The van der Waals surface area contributed by atoms with Gasteiger partial charge in [0.25, 0.3) is 5.56 Å². The molecule has 0 spiro atoms. The van der Waals surface area contributed by atoms with Crippen LogP contribution in [0.3, 0.4) is 0 Å². The lowest BCUT2D eigenvalue weighted by Gasteiger charge is -2.04. The molecule has 2 rings (SSSR count). The largest absolute Gasteiger partial charge is 0.326 e. The quantitative estimate of drug-likeness (QED) is 0.791. The first-order valence-electron chi connectivity index (χ1n) is 4.67. The van der Waals surface area contributed by atoms with Crippen LogP contribution >= 0.6 is 11.6 Å². The smallest absolute Gasteiger partial charge is 0.307 e. The molecule has 5 heteroatoms. The molecule has 0 saturated carbocycles. The van der Waals surface area contributed by atoms with Gasteiger partial charge in [0.05, 0.1) is 5.69 Å². The Morgan fingerprint density at radius 3 is 2.62 bits per heavy atom. The van der Waals surface area contributed by atoms with E-state index in [1.165, 1.54) is 0 Å². The van der Waals surface area contributed by atoms with E-state index in [2.05, 4.69) is 9.97 Å². The monoisotopic (exact) mass is 236 g/mol. The first-order valence-corrected chi connectivity index (χ1v) is 5.05. The Kier molecular flexibility index (Phi) is 2.66. The topological polar surface area (TPSA) is 65.7 Å². The van der Waals surface area contributed by atoms with Crippen molar-refractivity contribution >= 4 is 11.6 Å². The fourth-order valence-electron chi connectivity index (χ4n) is 1.48. The fraction of sp³-hybridized carbons (Fsp3) is 0.0909. The average molecular weight is 237 g/mol. The lowest BCUT2D eigenvalue weighted by molar-refractivity contribution is 1.01. The first-order chi connectivity index (χ1) is 7.58. The number of halogens is 1. The SMILES string of the molecule is Cc1c(-c2cccc(Cl)c2)[nH]c(=O)[nH]c1=O. The lowest BCUT2D eigenvalue weighted by Crippen LogP contribution is -2.24. The Bertz CT molecular complexity index is 643. The highest BCUT2D eigenvalue weighted by Gasteiger charge is 2.06. The van der Waals surface area contributed by atoms with Crippen LogP contribution < -0.4 is 11.2 Å². The van der Waals surface area contributed by atoms with Gasteiger partial charge in [0.15, 0.2) is 0 Å². The van der Waals surface area contributed by atoms with E-state index in [0.29, 0.717) is 21.8 Å². The Labute approximate surface area is 95.9 Å². The standard InChI is InChI=1S/C11H9ClN2O2/c1-6-9(13-11(16)14-10(6)15)7-3-2-4-8(12)5-7/h2-5H,1H3,(H2,13,14,15,16). The van der Waals surface area contributed by atoms with Crippen molar-refractivity contribution in [3.05, 3.63) is 55.7 Å². The predicted molar refractivity (Wildman–Crippen MR) is 62.9 cm³/mol. The summed E-state index contributed by atoms with van der Waals surface area (Å²) in [4.78, 5) is 27.3. The second-order valence-corrected chi connectivity index (χ2v) is 3.86. The molecule has 0 radical (unpaired) electrons. The van der Waals surface area contributed by atoms with Crippen LogP contribution in [0.4, 0.5) is 0 Å². The molecule has 2 aromatic rings. The van der Waals surface area contributed by atoms with Gasteiger partial charge in [-0.1, -0.05) is 23.7 Å². The number of hydrogen-bond donors (Lipinski definition) is 2. The summed E-state index contributed by atoms with van der Waals surface area (Å²) in [6.45, 7) is 1.64. The highest BCUT2D eigenvalue weighted by Crippen LogP contribution is 2.20. The molecule has 2 N–H and O–H groups in total. The van der Waals surface area contributed by atoms with E-state index in [4.69, 9.17) is 11.6 Å². The molecule has 0 fully saturated rings. The van der Waals surface area contributed by atoms with Crippen LogP contribution in [0.25, 0.3) is 11.3 Å². The van der Waals surface area contributed by atoms with Crippen molar-refractivity contribution < 1.29 is 0 Å². The van der Waals surface area contributed by atoms with E-state index in [9.17, 15) is 9.59 Å². The molecule has 0 aliphatic heterocycles. The van der Waals surface area contributed by atoms with Crippen molar-refractivity contribution in [2.24, 2.45) is 0 Å². The number of benzene rings is 1. The second kappa shape index (κ2) is 3.98. The molecule has 1 heterocycles. The summed E-state index contributed by atoms with van der Waals surface area (Å²) in [5, 5.41) is 0.554. The third-order valence-corrected chi connectivity index (χ3v) is 2.53. The molecular formula is C11H9ClN2O2. The van der Waals surface area contributed by atoms with Crippen LogP contribution in [-0.2, 0) is 0 Å². The highest BCUT2D eigenvalue weighted by molar-refractivity contribution is 6.30. The zero-order valence-corrected chi connectivity index (χ0v) is 9.26. The summed E-state index contributed by atoms with van der Waals surface area (Å²) in [7, 11) is 0. The lowest BCUT2D eigenvalue weighted by atomic mass is 10.1. The molecule has 1 aromatic carbocycles. The molecule has 4 nitrogen and oxygen atoms in total. The van der Waals surface area contributed by atoms with Crippen LogP contribution in [0.2, 0.25) is 5.02 Å². The van der Waals surface area contributed by atoms with Crippen LogP contribution in [-0.4, -0.2) is 9.97 Å². The van der Waals surface area contributed by atoms with Crippen LogP contribution in [0.15, 0.2) is 33.9 Å². The van der Waals surface area contributed by atoms with Gasteiger partial charge in [-0.3, -0.25) is 9.78 Å². The van der Waals surface area contributed by atoms with Crippen molar-refractivity contribution in [1.82, 2.24) is 9.97 Å². The molecule has 1 aromatic heterocycles. The van der Waals surface area contributed by atoms with Gasteiger partial charge < -0.3 is 4.98 Å². The van der Waals surface area contributed by atoms with Crippen molar-refractivity contribution in [3.63, 3.8) is 0 Å². The number of aromatic nitrogens is 2. The fourth-order valence-corrected chi connectivity index (χ4v) is 1.67. The maximum absolute atomic E-state index is 11.4. The first kappa shape index (κ1) is 10.7. The van der Waals surface area contributed by atoms with Crippen LogP contribution in [0.5, 0.6) is 0 Å². The zero-order valence-electron chi connectivity index (χ0n) is 8.50. The van der Waals surface area contributed by atoms with Crippen molar-refractivity contribution in [3.8, 4) is 11.3 Å². The van der Waals surface area contributed by atoms with Gasteiger partial charge in [-0.05, 0) is 19.1 Å². The molecule has 0 aliphatic carbocycles. The van der Waals surface area contributed by atoms with E-state index in [1.807, 2.05) is 0 Å². The van der Waals surface area contributed by atoms with Gasteiger partial charge in [-0.2, -0.15) is 0 Å². The summed E-state index contributed by atoms with van der Waals surface area (Å²) in [5.74, 6) is 0. The minimum Gasteiger partial charge on any atom is -0.307 e. The van der Waals surface area contributed by atoms with Crippen molar-refractivity contribution in [2.75, 3.05) is 0 Å². The average Bonchev–Trinajstić information content (AvgIpc) is 2.23. The summed E-state index contributed by atoms with van der Waals surface area (Å²) >= 11 is 5.85. The maximum atomic E-state index is 11.4. The van der Waals surface area contributed by atoms with Gasteiger partial charge in [-0.15, -0.1) is 0 Å². The third kappa shape index (κ3) is 1.92. The van der Waals surface area contributed by atoms with Gasteiger partial charge in [0.1, 0.15) is 0 Å². The second-order valence-electron chi connectivity index (χ2n) is 3.42. The molecule has 16 heavy (non-hydrogen) atoms. The van der Waals surface area contributed by atoms with Gasteiger partial charge in [0, 0.05) is 16.1 Å². The van der Waals surface area contributed by atoms with E-state index >= 15 is 0 Å². The number of hydrogen-bond acceptors (Lipinski definition) is 2. The Balaban J connectivity index is 2.74. The van der Waals surface area contributed by atoms with Gasteiger partial charge >= 0.3 is 5.69 Å². The molecule has 0 atom stereocenters. The third-order valence-electron chi connectivity index (χ3n) is 2.29. The van der Waals surface area contributed by atoms with E-state index in [1.54, 1.807) is 31.2 Å². The molecule has 0 amide bonds. The van der Waals surface area contributed by atoms with Crippen LogP contribution in [0, 0.1) is 6.92 Å². The van der Waals surface area contributed by atoms with Crippen LogP contribution in [0.1, 0.15) is 5.56 Å². The molecular weight excluding hydrogens is 228 g/mol. The van der Waals surface area contributed by atoms with Gasteiger partial charge in [-0.25, -0.2) is 4.79 Å². The summed E-state index contributed by atoms with van der Waals surface area (Å²) in [5.41, 5.74) is 0.760. The van der Waals surface area contributed by atoms with E-state index in [0.717, 1.165) is 0 Å².